The fraction of sp³-hybridized carbons (Fsp3) is 0.464. The van der Waals surface area contributed by atoms with Gasteiger partial charge in [0.1, 0.15) is 17.6 Å². The normalized spacial score (nSPS) is 19.8. The van der Waals surface area contributed by atoms with Gasteiger partial charge in [0.25, 0.3) is 5.91 Å². The van der Waals surface area contributed by atoms with Crippen molar-refractivity contribution >= 4 is 29.2 Å². The molecule has 1 aliphatic heterocycles. The van der Waals surface area contributed by atoms with Crippen LogP contribution < -0.4 is 20.1 Å². The Morgan fingerprint density at radius 1 is 1.16 bits per heavy atom. The van der Waals surface area contributed by atoms with Crippen LogP contribution in [0.5, 0.6) is 11.5 Å². The lowest BCUT2D eigenvalue weighted by molar-refractivity contribution is -0.117. The number of amides is 4. The Morgan fingerprint density at radius 2 is 1.84 bits per heavy atom. The van der Waals surface area contributed by atoms with E-state index in [9.17, 15) is 19.5 Å². The number of carbonyl (C=O) groups excluding carboxylic acids is 3. The van der Waals surface area contributed by atoms with Crippen LogP contribution in [0, 0.1) is 11.8 Å². The van der Waals surface area contributed by atoms with Crippen molar-refractivity contribution < 1.29 is 29.0 Å². The number of carbonyl (C=O) groups is 3. The summed E-state index contributed by atoms with van der Waals surface area (Å²) in [5.41, 5.74) is 1.46. The Morgan fingerprint density at radius 3 is 2.47 bits per heavy atom. The molecule has 204 valence electrons. The summed E-state index contributed by atoms with van der Waals surface area (Å²) < 4.78 is 11.5. The van der Waals surface area contributed by atoms with Gasteiger partial charge in [0, 0.05) is 36.8 Å². The van der Waals surface area contributed by atoms with Crippen LogP contribution in [0.2, 0.25) is 0 Å². The van der Waals surface area contributed by atoms with Gasteiger partial charge in [-0.05, 0) is 62.2 Å². The molecular weight excluding hydrogens is 488 g/mol. The molecule has 0 aromatic heterocycles. The fourth-order valence-corrected chi connectivity index (χ4v) is 4.35. The Balaban J connectivity index is 1.54. The van der Waals surface area contributed by atoms with Crippen LogP contribution in [0.25, 0.3) is 0 Å². The van der Waals surface area contributed by atoms with E-state index in [-0.39, 0.29) is 42.8 Å². The molecular formula is C28H36N4O6. The summed E-state index contributed by atoms with van der Waals surface area (Å²) in [5, 5.41) is 15.6. The topological polar surface area (TPSA) is 120 Å². The van der Waals surface area contributed by atoms with Gasteiger partial charge in [0.2, 0.25) is 5.91 Å². The summed E-state index contributed by atoms with van der Waals surface area (Å²) in [6, 6.07) is 11.4. The zero-order valence-corrected chi connectivity index (χ0v) is 22.3. The van der Waals surface area contributed by atoms with E-state index >= 15 is 0 Å². The summed E-state index contributed by atoms with van der Waals surface area (Å²) in [4.78, 5) is 41.9. The molecule has 1 saturated carbocycles. The first-order chi connectivity index (χ1) is 18.2. The molecule has 1 heterocycles. The predicted molar refractivity (Wildman–Crippen MR) is 144 cm³/mol. The van der Waals surface area contributed by atoms with Gasteiger partial charge in [-0.1, -0.05) is 6.92 Å². The molecule has 4 rings (SSSR count). The molecule has 10 heteroatoms. The summed E-state index contributed by atoms with van der Waals surface area (Å²) in [6.07, 6.45) is 1.31. The number of nitrogens with zero attached hydrogens (tertiary/aromatic N) is 2. The van der Waals surface area contributed by atoms with Crippen molar-refractivity contribution in [3.8, 4) is 11.5 Å². The number of fused-ring (bicyclic) bond motifs is 1. The highest BCUT2D eigenvalue weighted by molar-refractivity contribution is 6.00. The molecule has 0 bridgehead atoms. The number of rotatable bonds is 8. The van der Waals surface area contributed by atoms with Crippen molar-refractivity contribution in [3.63, 3.8) is 0 Å². The lowest BCUT2D eigenvalue weighted by Crippen LogP contribution is -2.50. The van der Waals surface area contributed by atoms with E-state index < -0.39 is 12.1 Å². The average Bonchev–Trinajstić information content (AvgIpc) is 3.76. The fourth-order valence-electron chi connectivity index (χ4n) is 4.35. The van der Waals surface area contributed by atoms with Crippen LogP contribution >= 0.6 is 0 Å². The third kappa shape index (κ3) is 6.36. The van der Waals surface area contributed by atoms with E-state index in [1.165, 1.54) is 0 Å². The molecule has 2 aromatic carbocycles. The first-order valence-corrected chi connectivity index (χ1v) is 12.9. The van der Waals surface area contributed by atoms with Crippen LogP contribution in [0.3, 0.4) is 0 Å². The van der Waals surface area contributed by atoms with Crippen molar-refractivity contribution in [2.24, 2.45) is 11.8 Å². The summed E-state index contributed by atoms with van der Waals surface area (Å²) in [7, 11) is 3.26. The molecule has 0 unspecified atom stereocenters. The van der Waals surface area contributed by atoms with E-state index in [0.29, 0.717) is 35.0 Å². The highest BCUT2D eigenvalue weighted by Gasteiger charge is 2.35. The first kappa shape index (κ1) is 27.3. The van der Waals surface area contributed by atoms with Gasteiger partial charge in [-0.3, -0.25) is 9.59 Å². The lowest BCUT2D eigenvalue weighted by Gasteiger charge is -2.38. The third-order valence-corrected chi connectivity index (χ3v) is 7.02. The number of anilines is 2. The second-order valence-corrected chi connectivity index (χ2v) is 10.1. The van der Waals surface area contributed by atoms with Crippen molar-refractivity contribution in [1.29, 1.82) is 0 Å². The molecule has 10 nitrogen and oxygen atoms in total. The summed E-state index contributed by atoms with van der Waals surface area (Å²) in [6.45, 7) is 4.14. The molecule has 3 atom stereocenters. The number of hydrogen-bond donors (Lipinski definition) is 3. The second kappa shape index (κ2) is 11.7. The monoisotopic (exact) mass is 524 g/mol. The van der Waals surface area contributed by atoms with Gasteiger partial charge in [-0.2, -0.15) is 0 Å². The Kier molecular flexibility index (Phi) is 8.41. The number of benzene rings is 2. The Labute approximate surface area is 222 Å². The number of urea groups is 1. The van der Waals surface area contributed by atoms with Crippen LogP contribution in [-0.2, 0) is 4.79 Å². The van der Waals surface area contributed by atoms with Crippen LogP contribution in [0.4, 0.5) is 16.2 Å². The highest BCUT2D eigenvalue weighted by Crippen LogP contribution is 2.33. The second-order valence-electron chi connectivity index (χ2n) is 10.1. The number of methoxy groups -OCH3 is 1. The lowest BCUT2D eigenvalue weighted by atomic mass is 9.99. The van der Waals surface area contributed by atoms with Gasteiger partial charge in [0.05, 0.1) is 31.9 Å². The number of ether oxygens (including phenoxy) is 2. The molecule has 0 saturated heterocycles. The summed E-state index contributed by atoms with van der Waals surface area (Å²) >= 11 is 0. The minimum Gasteiger partial charge on any atom is -0.497 e. The molecule has 1 aliphatic carbocycles. The third-order valence-electron chi connectivity index (χ3n) is 7.02. The molecule has 0 spiro atoms. The maximum atomic E-state index is 13.5. The molecule has 3 N–H and O–H groups in total. The number of aliphatic hydroxyl groups is 1. The highest BCUT2D eigenvalue weighted by atomic mass is 16.5. The van der Waals surface area contributed by atoms with E-state index in [4.69, 9.17) is 9.47 Å². The number of aliphatic hydroxyl groups excluding tert-OH is 1. The standard InChI is InChI=1S/C28H36N4O6/c1-17-14-32(18(2)16-33)27(35)23-13-21(29-26(34)19-5-6-19)9-12-24(23)38-25(17)15-31(3)28(36)30-20-7-10-22(37-4)11-8-20/h7-13,17-19,25,33H,5-6,14-16H2,1-4H3,(H,29,34)(H,30,36)/t17-,18+,25+/m0/s1. The number of likely N-dealkylation sites (N-methyl/N-ethyl adjacent to an activating group) is 1. The maximum Gasteiger partial charge on any atom is 0.321 e. The van der Waals surface area contributed by atoms with Crippen LogP contribution in [-0.4, -0.2) is 78.8 Å². The predicted octanol–water partition coefficient (Wildman–Crippen LogP) is 3.43. The van der Waals surface area contributed by atoms with Gasteiger partial charge in [0.15, 0.2) is 0 Å². The van der Waals surface area contributed by atoms with Crippen molar-refractivity contribution in [2.45, 2.75) is 38.8 Å². The minimum absolute atomic E-state index is 0.0275. The van der Waals surface area contributed by atoms with E-state index in [1.807, 2.05) is 6.92 Å². The molecule has 38 heavy (non-hydrogen) atoms. The van der Waals surface area contributed by atoms with Gasteiger partial charge in [-0.25, -0.2) is 4.79 Å². The minimum atomic E-state index is -0.436. The Hall–Kier alpha value is -3.79. The number of hydrogen-bond acceptors (Lipinski definition) is 6. The molecule has 4 amide bonds. The van der Waals surface area contributed by atoms with E-state index in [1.54, 1.807) is 73.3 Å². The maximum absolute atomic E-state index is 13.5. The summed E-state index contributed by atoms with van der Waals surface area (Å²) in [5.74, 6) is 0.611. The van der Waals surface area contributed by atoms with Crippen LogP contribution in [0.1, 0.15) is 37.0 Å². The van der Waals surface area contributed by atoms with E-state index in [2.05, 4.69) is 10.6 Å². The largest absolute Gasteiger partial charge is 0.497 e. The van der Waals surface area contributed by atoms with Gasteiger partial charge >= 0.3 is 6.03 Å². The zero-order chi connectivity index (χ0) is 27.4. The van der Waals surface area contributed by atoms with Gasteiger partial charge < -0.3 is 35.0 Å². The van der Waals surface area contributed by atoms with Crippen molar-refractivity contribution in [2.75, 3.05) is 44.5 Å². The molecule has 2 aromatic rings. The van der Waals surface area contributed by atoms with Crippen molar-refractivity contribution in [1.82, 2.24) is 9.80 Å². The van der Waals surface area contributed by atoms with Crippen LogP contribution in [0.15, 0.2) is 42.5 Å². The first-order valence-electron chi connectivity index (χ1n) is 12.9. The molecule has 2 aliphatic rings. The Bertz CT molecular complexity index is 1170. The smallest absolute Gasteiger partial charge is 0.321 e. The van der Waals surface area contributed by atoms with Crippen molar-refractivity contribution in [3.05, 3.63) is 48.0 Å². The zero-order valence-electron chi connectivity index (χ0n) is 22.3. The van der Waals surface area contributed by atoms with E-state index in [0.717, 1.165) is 12.8 Å². The average molecular weight is 525 g/mol. The molecule has 1 fully saturated rings. The SMILES string of the molecule is COc1ccc(NC(=O)N(C)C[C@H]2Oc3ccc(NC(=O)C4CC4)cc3C(=O)N([C@H](C)CO)C[C@@H]2C)cc1. The molecule has 0 radical (unpaired) electrons. The number of nitrogens with one attached hydrogen (secondary N) is 2. The van der Waals surface area contributed by atoms with Gasteiger partial charge in [-0.15, -0.1) is 0 Å². The quantitative estimate of drug-likeness (QED) is 0.487.